The molecule has 2 aromatic heterocycles. The van der Waals surface area contributed by atoms with Crippen molar-refractivity contribution >= 4 is 42.5 Å². The van der Waals surface area contributed by atoms with Crippen molar-refractivity contribution in [3.8, 4) is 17.1 Å². The van der Waals surface area contributed by atoms with Crippen LogP contribution in [0.5, 0.6) is 0 Å². The summed E-state index contributed by atoms with van der Waals surface area (Å²) in [5, 5.41) is 2.70. The Morgan fingerprint density at radius 3 is 2.30 bits per heavy atom. The molecule has 0 amide bonds. The maximum absolute atomic E-state index is 5.16. The molecule has 0 saturated carbocycles. The zero-order chi connectivity index (χ0) is 24.8. The maximum Gasteiger partial charge on any atom is 0.0774 e. The van der Waals surface area contributed by atoms with Crippen LogP contribution in [0.2, 0.25) is 0 Å². The molecule has 0 saturated heterocycles. The number of benzene rings is 4. The quantitative estimate of drug-likeness (QED) is 0.161. The van der Waals surface area contributed by atoms with Crippen molar-refractivity contribution in [1.82, 2.24) is 9.55 Å². The Balaban J connectivity index is 0.00000280. The average molecular weight is 680 g/mol. The van der Waals surface area contributed by atoms with Crippen molar-refractivity contribution in [1.29, 1.82) is 0 Å². The summed E-state index contributed by atoms with van der Waals surface area (Å²) in [7, 11) is 0. The van der Waals surface area contributed by atoms with Crippen molar-refractivity contribution in [2.75, 3.05) is 0 Å². The number of aromatic nitrogens is 2. The van der Waals surface area contributed by atoms with E-state index in [0.717, 1.165) is 35.3 Å². The summed E-state index contributed by atoms with van der Waals surface area (Å²) in [5.74, 6) is 2.09. The van der Waals surface area contributed by atoms with Crippen LogP contribution in [0.15, 0.2) is 78.9 Å². The van der Waals surface area contributed by atoms with E-state index in [1.54, 1.807) is 0 Å². The van der Waals surface area contributed by atoms with Crippen LogP contribution in [-0.4, -0.2) is 9.55 Å². The van der Waals surface area contributed by atoms with Gasteiger partial charge >= 0.3 is 0 Å². The maximum atomic E-state index is 5.16. The minimum absolute atomic E-state index is 0. The largest absolute Gasteiger partial charge is 0.332 e. The number of thiophene rings is 1. The molecule has 2 nitrogen and oxygen atoms in total. The first-order chi connectivity index (χ1) is 17.5. The van der Waals surface area contributed by atoms with Gasteiger partial charge in [0.1, 0.15) is 0 Å². The van der Waals surface area contributed by atoms with Crippen molar-refractivity contribution in [2.45, 2.75) is 40.5 Å². The second kappa shape index (κ2) is 10.5. The average Bonchev–Trinajstić information content (AvgIpc) is 3.44. The second-order valence-electron chi connectivity index (χ2n) is 10.6. The summed E-state index contributed by atoms with van der Waals surface area (Å²) < 4.78 is 5.17. The predicted octanol–water partition coefficient (Wildman–Crippen LogP) is 9.26. The monoisotopic (exact) mass is 680 g/mol. The van der Waals surface area contributed by atoms with E-state index in [0.29, 0.717) is 11.8 Å². The third-order valence-electron chi connectivity index (χ3n) is 6.77. The first kappa shape index (κ1) is 25.9. The SMILES string of the molecule is CC(C)Cc1cc(CC(C)C)c2sc3ccccc3c2c1-n1c(-c2[c-]cccc2)nc2ccccc21.[Ir]. The van der Waals surface area contributed by atoms with Crippen LogP contribution in [0.25, 0.3) is 48.3 Å². The summed E-state index contributed by atoms with van der Waals surface area (Å²) >= 11 is 1.93. The summed E-state index contributed by atoms with van der Waals surface area (Å²) in [4.78, 5) is 5.16. The summed E-state index contributed by atoms with van der Waals surface area (Å²) in [6, 6.07) is 31.6. The van der Waals surface area contributed by atoms with Gasteiger partial charge in [-0.3, -0.25) is 4.98 Å². The van der Waals surface area contributed by atoms with Gasteiger partial charge < -0.3 is 4.57 Å². The van der Waals surface area contributed by atoms with Gasteiger partial charge in [-0.15, -0.1) is 47.2 Å². The van der Waals surface area contributed by atoms with Crippen LogP contribution in [0.3, 0.4) is 0 Å². The molecule has 0 unspecified atom stereocenters. The molecular weight excluding hydrogens is 649 g/mol. The van der Waals surface area contributed by atoms with Gasteiger partial charge in [0, 0.05) is 40.3 Å². The van der Waals surface area contributed by atoms with E-state index < -0.39 is 0 Å². The summed E-state index contributed by atoms with van der Waals surface area (Å²) in [5.41, 5.74) is 7.32. The molecule has 0 aliphatic carbocycles. The standard InChI is InChI=1S/C33H31N2S.Ir/c1-21(2)18-24-20-25(19-22(3)4)32-30(26-14-8-11-17-29(26)36-32)31(24)35-28-16-10-9-15-27(28)34-33(35)23-12-6-5-7-13-23;/h5-12,14-17,20-22H,18-19H2,1-4H3;/q-1;. The number of rotatable bonds is 6. The molecule has 189 valence electrons. The second-order valence-corrected chi connectivity index (χ2v) is 11.6. The summed E-state index contributed by atoms with van der Waals surface area (Å²) in [6.45, 7) is 9.28. The van der Waals surface area contributed by atoms with E-state index in [1.807, 2.05) is 23.5 Å². The van der Waals surface area contributed by atoms with Gasteiger partial charge in [-0.2, -0.15) is 0 Å². The zero-order valence-corrected chi connectivity index (χ0v) is 24.9. The number of nitrogens with zero attached hydrogens (tertiary/aromatic N) is 2. The Morgan fingerprint density at radius 2 is 1.54 bits per heavy atom. The van der Waals surface area contributed by atoms with Gasteiger partial charge in [0.2, 0.25) is 0 Å². The van der Waals surface area contributed by atoms with Gasteiger partial charge in [-0.05, 0) is 54.0 Å². The Morgan fingerprint density at radius 1 is 0.838 bits per heavy atom. The van der Waals surface area contributed by atoms with E-state index >= 15 is 0 Å². The number of hydrogen-bond donors (Lipinski definition) is 0. The van der Waals surface area contributed by atoms with Crippen molar-refractivity contribution in [3.63, 3.8) is 0 Å². The fourth-order valence-corrected chi connectivity index (χ4v) is 6.65. The molecule has 2 heterocycles. The Kier molecular flexibility index (Phi) is 7.36. The smallest absolute Gasteiger partial charge is 0.0774 e. The Bertz CT molecular complexity index is 1690. The van der Waals surface area contributed by atoms with Crippen LogP contribution in [0.1, 0.15) is 38.8 Å². The van der Waals surface area contributed by atoms with Crippen LogP contribution in [-0.2, 0) is 32.9 Å². The molecule has 4 heteroatoms. The van der Waals surface area contributed by atoms with Crippen molar-refractivity contribution in [3.05, 3.63) is 96.1 Å². The molecule has 0 aliphatic rings. The van der Waals surface area contributed by atoms with Crippen LogP contribution in [0, 0.1) is 17.9 Å². The fraction of sp³-hybridized carbons (Fsp3) is 0.242. The first-order valence-corrected chi connectivity index (χ1v) is 13.7. The Hall–Kier alpha value is -2.78. The third kappa shape index (κ3) is 4.68. The van der Waals surface area contributed by atoms with Crippen molar-refractivity contribution < 1.29 is 20.1 Å². The molecule has 37 heavy (non-hydrogen) atoms. The topological polar surface area (TPSA) is 17.8 Å². The number of imidazole rings is 1. The normalized spacial score (nSPS) is 11.7. The van der Waals surface area contributed by atoms with Gasteiger partial charge in [0.05, 0.1) is 22.5 Å². The molecule has 0 bridgehead atoms. The van der Waals surface area contributed by atoms with Crippen LogP contribution < -0.4 is 0 Å². The predicted molar refractivity (Wildman–Crippen MR) is 155 cm³/mol. The molecule has 0 fully saturated rings. The summed E-state index contributed by atoms with van der Waals surface area (Å²) in [6.07, 6.45) is 2.10. The molecule has 0 N–H and O–H groups in total. The van der Waals surface area contributed by atoms with E-state index in [9.17, 15) is 0 Å². The molecule has 6 rings (SSSR count). The van der Waals surface area contributed by atoms with Crippen molar-refractivity contribution in [2.24, 2.45) is 11.8 Å². The fourth-order valence-electron chi connectivity index (χ4n) is 5.42. The number of para-hydroxylation sites is 2. The van der Waals surface area contributed by atoms with Gasteiger partial charge in [0.15, 0.2) is 0 Å². The molecule has 1 radical (unpaired) electrons. The van der Waals surface area contributed by atoms with E-state index in [4.69, 9.17) is 4.98 Å². The molecule has 6 aromatic rings. The van der Waals surface area contributed by atoms with Crippen LogP contribution in [0.4, 0.5) is 0 Å². The zero-order valence-electron chi connectivity index (χ0n) is 21.7. The molecule has 4 aromatic carbocycles. The first-order valence-electron chi connectivity index (χ1n) is 12.9. The van der Waals surface area contributed by atoms with E-state index in [2.05, 4.69) is 105 Å². The third-order valence-corrected chi connectivity index (χ3v) is 8.01. The minimum Gasteiger partial charge on any atom is -0.332 e. The molecule has 0 aliphatic heterocycles. The molecule has 0 atom stereocenters. The van der Waals surface area contributed by atoms with Gasteiger partial charge in [-0.1, -0.05) is 64.1 Å². The number of fused-ring (bicyclic) bond motifs is 4. The minimum atomic E-state index is 0. The van der Waals surface area contributed by atoms with E-state index in [1.165, 1.54) is 37.0 Å². The molecule has 0 spiro atoms. The van der Waals surface area contributed by atoms with E-state index in [-0.39, 0.29) is 20.1 Å². The number of hydrogen-bond acceptors (Lipinski definition) is 2. The van der Waals surface area contributed by atoms with Gasteiger partial charge in [-0.25, -0.2) is 0 Å². The van der Waals surface area contributed by atoms with Gasteiger partial charge in [0.25, 0.3) is 0 Å². The Labute approximate surface area is 236 Å². The van der Waals surface area contributed by atoms with Crippen LogP contribution >= 0.6 is 11.3 Å². The molecular formula is C33H31IrN2S-.